The van der Waals surface area contributed by atoms with Crippen LogP contribution in [0.4, 0.5) is 11.5 Å². The van der Waals surface area contributed by atoms with Crippen LogP contribution in [0.5, 0.6) is 11.6 Å². The van der Waals surface area contributed by atoms with Crippen LogP contribution in [0.25, 0.3) is 22.4 Å². The number of ether oxygens (including phenoxy) is 1. The van der Waals surface area contributed by atoms with Gasteiger partial charge in [0.15, 0.2) is 5.82 Å². The molecule has 2 N–H and O–H groups in total. The number of phenols is 1. The highest BCUT2D eigenvalue weighted by atomic mass is 16.5. The number of hydrogen-bond acceptors (Lipinski definition) is 8. The van der Waals surface area contributed by atoms with E-state index in [1.807, 2.05) is 24.3 Å². The molecule has 2 aromatic heterocycles. The minimum Gasteiger partial charge on any atom is -0.507 e. The molecular formula is C26H30N6O2. The molecule has 8 nitrogen and oxygen atoms in total. The first-order valence-electron chi connectivity index (χ1n) is 12.0. The van der Waals surface area contributed by atoms with Crippen LogP contribution in [0.3, 0.4) is 0 Å². The molecule has 0 aliphatic carbocycles. The number of piperidine rings is 1. The molecule has 8 heteroatoms. The second-order valence-electron chi connectivity index (χ2n) is 9.64. The van der Waals surface area contributed by atoms with E-state index >= 15 is 0 Å². The number of likely N-dealkylation sites (N-methyl/N-ethyl adjacent to an activating group) is 1. The second-order valence-corrected chi connectivity index (χ2v) is 9.64. The van der Waals surface area contributed by atoms with E-state index in [0.717, 1.165) is 35.7 Å². The van der Waals surface area contributed by atoms with Crippen molar-refractivity contribution in [3.63, 3.8) is 0 Å². The van der Waals surface area contributed by atoms with Gasteiger partial charge >= 0.3 is 0 Å². The topological polar surface area (TPSA) is 86.6 Å². The number of aromatic nitrogens is 3. The Morgan fingerprint density at radius 2 is 1.79 bits per heavy atom. The number of nitrogens with zero attached hydrogens (tertiary/aromatic N) is 5. The van der Waals surface area contributed by atoms with Crippen LogP contribution < -0.4 is 19.9 Å². The molecule has 0 radical (unpaired) electrons. The van der Waals surface area contributed by atoms with Gasteiger partial charge in [0, 0.05) is 56.1 Å². The lowest BCUT2D eigenvalue weighted by Crippen LogP contribution is -2.52. The minimum absolute atomic E-state index is 0.174. The highest BCUT2D eigenvalue weighted by Crippen LogP contribution is 2.40. The number of fused-ring (bicyclic) bond motifs is 3. The zero-order valence-corrected chi connectivity index (χ0v) is 19.6. The lowest BCUT2D eigenvalue weighted by molar-refractivity contribution is 0.344. The quantitative estimate of drug-likeness (QED) is 0.615. The van der Waals surface area contributed by atoms with Gasteiger partial charge in [0.05, 0.1) is 18.5 Å². The number of benzene rings is 1. The fraction of sp³-hybridized carbons (Fsp3) is 0.423. The van der Waals surface area contributed by atoms with E-state index in [1.54, 1.807) is 19.4 Å². The van der Waals surface area contributed by atoms with Crippen molar-refractivity contribution >= 4 is 11.5 Å². The van der Waals surface area contributed by atoms with E-state index in [0.29, 0.717) is 35.3 Å². The molecule has 0 amide bonds. The monoisotopic (exact) mass is 458 g/mol. The summed E-state index contributed by atoms with van der Waals surface area (Å²) in [6.45, 7) is 1.92. The first-order chi connectivity index (χ1) is 16.6. The lowest BCUT2D eigenvalue weighted by Gasteiger charge is -2.43. The zero-order chi connectivity index (χ0) is 23.2. The van der Waals surface area contributed by atoms with Gasteiger partial charge < -0.3 is 25.0 Å². The zero-order valence-electron chi connectivity index (χ0n) is 19.6. The first-order valence-corrected chi connectivity index (χ1v) is 12.0. The van der Waals surface area contributed by atoms with Gasteiger partial charge in [-0.1, -0.05) is 6.07 Å². The van der Waals surface area contributed by atoms with E-state index < -0.39 is 0 Å². The number of methoxy groups -OCH3 is 1. The molecule has 34 heavy (non-hydrogen) atoms. The Hall–Kier alpha value is -3.39. The fourth-order valence-corrected chi connectivity index (χ4v) is 5.74. The van der Waals surface area contributed by atoms with Crippen LogP contribution >= 0.6 is 0 Å². The average Bonchev–Trinajstić information content (AvgIpc) is 3.21. The van der Waals surface area contributed by atoms with Crippen LogP contribution in [0.1, 0.15) is 25.7 Å². The maximum atomic E-state index is 10.9. The number of phenolic OH excluding ortho intramolecular Hbond substituents is 1. The molecule has 0 unspecified atom stereocenters. The smallest absolute Gasteiger partial charge is 0.213 e. The largest absolute Gasteiger partial charge is 0.507 e. The Labute approximate surface area is 199 Å². The standard InChI is InChI=1S/C26H30N6O2/c1-31-9-10-32(20-13-18-4-5-19(14-20)28-18)26-23(31)15-22(29-30-26)21-6-3-16(11-24(21)33)17-7-8-27-25(12-17)34-2/h3,6-8,11-12,15,18-20,28,33H,4-5,9-10,13-14H2,1-2H3/t18-,19+,20-. The molecule has 3 atom stereocenters. The van der Waals surface area contributed by atoms with E-state index in [4.69, 9.17) is 9.84 Å². The van der Waals surface area contributed by atoms with Crippen LogP contribution in [-0.4, -0.2) is 65.7 Å². The summed E-state index contributed by atoms with van der Waals surface area (Å²) >= 11 is 0. The fourth-order valence-electron chi connectivity index (χ4n) is 5.74. The molecule has 2 saturated heterocycles. The van der Waals surface area contributed by atoms with Crippen molar-refractivity contribution in [2.45, 2.75) is 43.8 Å². The van der Waals surface area contributed by atoms with Crippen molar-refractivity contribution in [1.29, 1.82) is 0 Å². The molecule has 6 rings (SSSR count). The van der Waals surface area contributed by atoms with Crippen molar-refractivity contribution in [1.82, 2.24) is 20.5 Å². The number of anilines is 2. The number of aromatic hydroxyl groups is 1. The molecule has 3 aliphatic rings. The molecule has 1 aromatic carbocycles. The molecular weight excluding hydrogens is 428 g/mol. The summed E-state index contributed by atoms with van der Waals surface area (Å²) in [5, 5.41) is 23.9. The van der Waals surface area contributed by atoms with Gasteiger partial charge in [-0.15, -0.1) is 10.2 Å². The predicted octanol–water partition coefficient (Wildman–Crippen LogP) is 3.46. The Balaban J connectivity index is 1.31. The van der Waals surface area contributed by atoms with Crippen LogP contribution in [0.15, 0.2) is 42.6 Å². The van der Waals surface area contributed by atoms with Gasteiger partial charge in [-0.3, -0.25) is 0 Å². The van der Waals surface area contributed by atoms with Crippen LogP contribution in [-0.2, 0) is 0 Å². The normalized spacial score (nSPS) is 23.6. The molecule has 2 fully saturated rings. The predicted molar refractivity (Wildman–Crippen MR) is 132 cm³/mol. The van der Waals surface area contributed by atoms with E-state index in [1.165, 1.54) is 25.7 Å². The molecule has 176 valence electrons. The Morgan fingerprint density at radius 3 is 2.56 bits per heavy atom. The molecule has 2 bridgehead atoms. The molecule has 5 heterocycles. The first kappa shape index (κ1) is 21.2. The maximum absolute atomic E-state index is 10.9. The summed E-state index contributed by atoms with van der Waals surface area (Å²) in [6.07, 6.45) is 6.61. The summed E-state index contributed by atoms with van der Waals surface area (Å²) < 4.78 is 5.23. The average molecular weight is 459 g/mol. The van der Waals surface area contributed by atoms with Gasteiger partial charge in [0.25, 0.3) is 0 Å². The summed E-state index contributed by atoms with van der Waals surface area (Å²) in [4.78, 5) is 8.87. The van der Waals surface area contributed by atoms with E-state index in [-0.39, 0.29) is 5.75 Å². The number of hydrogen-bond donors (Lipinski definition) is 2. The van der Waals surface area contributed by atoms with Crippen molar-refractivity contribution < 1.29 is 9.84 Å². The highest BCUT2D eigenvalue weighted by molar-refractivity contribution is 5.79. The van der Waals surface area contributed by atoms with Crippen molar-refractivity contribution in [3.8, 4) is 34.0 Å². The lowest BCUT2D eigenvalue weighted by atomic mass is 9.97. The summed E-state index contributed by atoms with van der Waals surface area (Å²) in [6, 6.07) is 13.2. The molecule has 0 spiro atoms. The highest BCUT2D eigenvalue weighted by Gasteiger charge is 2.38. The van der Waals surface area contributed by atoms with Gasteiger partial charge in [-0.05, 0) is 61.1 Å². The Bertz CT molecular complexity index is 1210. The van der Waals surface area contributed by atoms with Crippen LogP contribution in [0.2, 0.25) is 0 Å². The Morgan fingerprint density at radius 1 is 1.00 bits per heavy atom. The summed E-state index contributed by atoms with van der Waals surface area (Å²) in [5.41, 5.74) is 4.23. The van der Waals surface area contributed by atoms with Crippen molar-refractivity contribution in [2.24, 2.45) is 0 Å². The molecule has 3 aliphatic heterocycles. The van der Waals surface area contributed by atoms with Gasteiger partial charge in [-0.25, -0.2) is 4.98 Å². The number of rotatable bonds is 4. The van der Waals surface area contributed by atoms with Crippen molar-refractivity contribution in [2.75, 3.05) is 37.0 Å². The molecule has 3 aromatic rings. The van der Waals surface area contributed by atoms with Gasteiger partial charge in [-0.2, -0.15) is 0 Å². The van der Waals surface area contributed by atoms with Gasteiger partial charge in [0.1, 0.15) is 5.75 Å². The molecule has 0 saturated carbocycles. The van der Waals surface area contributed by atoms with E-state index in [9.17, 15) is 5.11 Å². The second kappa shape index (κ2) is 8.43. The summed E-state index contributed by atoms with van der Waals surface area (Å²) in [5.74, 6) is 1.67. The van der Waals surface area contributed by atoms with E-state index in [2.05, 4.69) is 38.3 Å². The van der Waals surface area contributed by atoms with Gasteiger partial charge in [0.2, 0.25) is 5.88 Å². The summed E-state index contributed by atoms with van der Waals surface area (Å²) in [7, 11) is 3.70. The minimum atomic E-state index is 0.174. The Kier molecular flexibility index (Phi) is 5.25. The van der Waals surface area contributed by atoms with Crippen molar-refractivity contribution in [3.05, 3.63) is 42.6 Å². The number of nitrogens with one attached hydrogen (secondary N) is 1. The number of pyridine rings is 1. The third-order valence-corrected chi connectivity index (χ3v) is 7.55. The SMILES string of the molecule is COc1cc(-c2ccc(-c3cc4c(nn3)N([C@@H]3C[C@H]5CC[C@@H](C3)N5)CCN4C)c(O)c2)ccn1. The van der Waals surface area contributed by atoms with Crippen LogP contribution in [0, 0.1) is 0 Å². The third-order valence-electron chi connectivity index (χ3n) is 7.55. The third kappa shape index (κ3) is 3.72. The maximum Gasteiger partial charge on any atom is 0.213 e.